The van der Waals surface area contributed by atoms with Crippen LogP contribution in [0.3, 0.4) is 0 Å². The number of ether oxygens (including phenoxy) is 1. The zero-order valence-corrected chi connectivity index (χ0v) is 17.2. The fourth-order valence-corrected chi connectivity index (χ4v) is 2.60. The molecule has 0 saturated carbocycles. The van der Waals surface area contributed by atoms with Gasteiger partial charge in [0.25, 0.3) is 5.91 Å². The van der Waals surface area contributed by atoms with Crippen LogP contribution in [0.15, 0.2) is 29.3 Å². The van der Waals surface area contributed by atoms with E-state index in [-0.39, 0.29) is 5.91 Å². The predicted molar refractivity (Wildman–Crippen MR) is 112 cm³/mol. The van der Waals surface area contributed by atoms with Crippen molar-refractivity contribution >= 4 is 11.9 Å². The number of nitrogens with one attached hydrogen (secondary N) is 3. The lowest BCUT2D eigenvalue weighted by Gasteiger charge is -2.16. The van der Waals surface area contributed by atoms with Crippen LogP contribution in [0.25, 0.3) is 0 Å². The Morgan fingerprint density at radius 1 is 1.26 bits per heavy atom. The fourth-order valence-electron chi connectivity index (χ4n) is 2.60. The van der Waals surface area contributed by atoms with Gasteiger partial charge in [-0.15, -0.1) is 0 Å². The molecule has 7 nitrogen and oxygen atoms in total. The summed E-state index contributed by atoms with van der Waals surface area (Å²) < 4.78 is 5.08. The summed E-state index contributed by atoms with van der Waals surface area (Å²) >= 11 is 0. The molecule has 152 valence electrons. The molecule has 0 aliphatic carbocycles. The average Bonchev–Trinajstić information content (AvgIpc) is 2.68. The molecule has 1 rings (SSSR count). The minimum atomic E-state index is -0.0608. The van der Waals surface area contributed by atoms with Crippen LogP contribution in [0.2, 0.25) is 0 Å². The van der Waals surface area contributed by atoms with Gasteiger partial charge < -0.3 is 25.6 Å². The number of nitrogens with zero attached hydrogens (tertiary/aromatic N) is 2. The maximum absolute atomic E-state index is 11.7. The molecule has 1 aromatic carbocycles. The lowest BCUT2D eigenvalue weighted by molar-refractivity contribution is 0.0963. The Morgan fingerprint density at radius 2 is 2.07 bits per heavy atom. The van der Waals surface area contributed by atoms with Crippen molar-refractivity contribution in [2.75, 3.05) is 60.5 Å². The number of guanidine groups is 1. The fraction of sp³-hybridized carbons (Fsp3) is 0.600. The van der Waals surface area contributed by atoms with Crippen LogP contribution in [0.1, 0.15) is 29.3 Å². The standard InChI is InChI=1S/C20H35N5O2/c1-5-22-20(24-12-14-25(3)13-7-15-27-4)23-11-10-17-8-6-9-18(16-17)19(26)21-2/h6,8-9,16H,5,7,10-15H2,1-4H3,(H,21,26)(H2,22,23,24). The summed E-state index contributed by atoms with van der Waals surface area (Å²) in [6, 6.07) is 7.70. The van der Waals surface area contributed by atoms with Gasteiger partial charge >= 0.3 is 0 Å². The van der Waals surface area contributed by atoms with Crippen LogP contribution in [0, 0.1) is 0 Å². The highest BCUT2D eigenvalue weighted by atomic mass is 16.5. The van der Waals surface area contributed by atoms with E-state index in [1.807, 2.05) is 24.3 Å². The van der Waals surface area contributed by atoms with Gasteiger partial charge in [0.15, 0.2) is 5.96 Å². The van der Waals surface area contributed by atoms with Crippen LogP contribution in [0.5, 0.6) is 0 Å². The second-order valence-electron chi connectivity index (χ2n) is 6.37. The second-order valence-corrected chi connectivity index (χ2v) is 6.37. The predicted octanol–water partition coefficient (Wildman–Crippen LogP) is 1.11. The molecule has 0 bridgehead atoms. The van der Waals surface area contributed by atoms with Gasteiger partial charge in [-0.2, -0.15) is 0 Å². The SMILES string of the molecule is CCNC(=NCCN(C)CCCOC)NCCc1cccc(C(=O)NC)c1. The number of rotatable bonds is 12. The van der Waals surface area contributed by atoms with Crippen LogP contribution >= 0.6 is 0 Å². The number of methoxy groups -OCH3 is 1. The Balaban J connectivity index is 2.42. The van der Waals surface area contributed by atoms with Crippen molar-refractivity contribution in [1.29, 1.82) is 0 Å². The monoisotopic (exact) mass is 377 g/mol. The van der Waals surface area contributed by atoms with Gasteiger partial charge in [-0.25, -0.2) is 0 Å². The second kappa shape index (κ2) is 14.0. The van der Waals surface area contributed by atoms with Crippen LogP contribution in [0.4, 0.5) is 0 Å². The van der Waals surface area contributed by atoms with Gasteiger partial charge in [-0.1, -0.05) is 12.1 Å². The zero-order chi connectivity index (χ0) is 19.9. The van der Waals surface area contributed by atoms with Crippen molar-refractivity contribution in [3.63, 3.8) is 0 Å². The molecule has 0 heterocycles. The van der Waals surface area contributed by atoms with Crippen molar-refractivity contribution in [1.82, 2.24) is 20.9 Å². The highest BCUT2D eigenvalue weighted by molar-refractivity contribution is 5.94. The smallest absolute Gasteiger partial charge is 0.251 e. The molecule has 27 heavy (non-hydrogen) atoms. The Bertz CT molecular complexity index is 577. The maximum atomic E-state index is 11.7. The largest absolute Gasteiger partial charge is 0.385 e. The summed E-state index contributed by atoms with van der Waals surface area (Å²) in [5, 5.41) is 9.28. The summed E-state index contributed by atoms with van der Waals surface area (Å²) in [6.07, 6.45) is 1.86. The van der Waals surface area contributed by atoms with E-state index in [4.69, 9.17) is 4.74 Å². The van der Waals surface area contributed by atoms with Gasteiger partial charge in [0, 0.05) is 52.5 Å². The third-order valence-corrected chi connectivity index (χ3v) is 4.11. The normalized spacial score (nSPS) is 11.5. The van der Waals surface area contributed by atoms with Crippen molar-refractivity contribution in [3.8, 4) is 0 Å². The molecule has 0 aromatic heterocycles. The van der Waals surface area contributed by atoms with Gasteiger partial charge in [0.05, 0.1) is 6.54 Å². The molecule has 1 aromatic rings. The van der Waals surface area contributed by atoms with Gasteiger partial charge in [0.1, 0.15) is 0 Å². The van der Waals surface area contributed by atoms with E-state index in [0.29, 0.717) is 5.56 Å². The Kier molecular flexibility index (Phi) is 11.9. The van der Waals surface area contributed by atoms with Crippen molar-refractivity contribution < 1.29 is 9.53 Å². The molecule has 0 spiro atoms. The first-order valence-corrected chi connectivity index (χ1v) is 9.61. The van der Waals surface area contributed by atoms with E-state index in [2.05, 4.69) is 39.8 Å². The molecule has 7 heteroatoms. The van der Waals surface area contributed by atoms with E-state index >= 15 is 0 Å². The molecule has 3 N–H and O–H groups in total. The first-order chi connectivity index (χ1) is 13.1. The minimum absolute atomic E-state index is 0.0608. The van der Waals surface area contributed by atoms with Crippen molar-refractivity contribution in [2.24, 2.45) is 4.99 Å². The molecule has 0 fully saturated rings. The molecule has 0 unspecified atom stereocenters. The minimum Gasteiger partial charge on any atom is -0.385 e. The Labute approximate surface area is 163 Å². The van der Waals surface area contributed by atoms with Gasteiger partial charge in [-0.05, 0) is 44.5 Å². The third-order valence-electron chi connectivity index (χ3n) is 4.11. The first kappa shape index (κ1) is 22.9. The van der Waals surface area contributed by atoms with Crippen LogP contribution in [-0.2, 0) is 11.2 Å². The molecule has 0 saturated heterocycles. The van der Waals surface area contributed by atoms with Crippen molar-refractivity contribution in [3.05, 3.63) is 35.4 Å². The Hall–Kier alpha value is -2.12. The van der Waals surface area contributed by atoms with Crippen molar-refractivity contribution in [2.45, 2.75) is 19.8 Å². The number of carbonyl (C=O) groups excluding carboxylic acids is 1. The third kappa shape index (κ3) is 9.96. The highest BCUT2D eigenvalue weighted by Crippen LogP contribution is 2.05. The van der Waals surface area contributed by atoms with Crippen LogP contribution < -0.4 is 16.0 Å². The topological polar surface area (TPSA) is 78.0 Å². The number of hydrogen-bond acceptors (Lipinski definition) is 4. The summed E-state index contributed by atoms with van der Waals surface area (Å²) in [5.41, 5.74) is 1.81. The van der Waals surface area contributed by atoms with E-state index in [0.717, 1.165) is 63.7 Å². The van der Waals surface area contributed by atoms with E-state index in [9.17, 15) is 4.79 Å². The van der Waals surface area contributed by atoms with E-state index in [1.54, 1.807) is 14.2 Å². The molecule has 1 amide bonds. The summed E-state index contributed by atoms with van der Waals surface area (Å²) in [4.78, 5) is 18.6. The lowest BCUT2D eigenvalue weighted by atomic mass is 10.1. The van der Waals surface area contributed by atoms with E-state index in [1.165, 1.54) is 0 Å². The molecule has 0 radical (unpaired) electrons. The molecule has 0 atom stereocenters. The van der Waals surface area contributed by atoms with Gasteiger partial charge in [-0.3, -0.25) is 9.79 Å². The summed E-state index contributed by atoms with van der Waals surface area (Å²) in [5.74, 6) is 0.763. The quantitative estimate of drug-likeness (QED) is 0.289. The number of likely N-dealkylation sites (N-methyl/N-ethyl adjacent to an activating group) is 1. The number of aliphatic imine (C=N–C) groups is 1. The molecular weight excluding hydrogens is 342 g/mol. The molecular formula is C20H35N5O2. The van der Waals surface area contributed by atoms with E-state index < -0.39 is 0 Å². The first-order valence-electron chi connectivity index (χ1n) is 9.61. The van der Waals surface area contributed by atoms with Crippen LogP contribution in [-0.4, -0.2) is 77.3 Å². The molecule has 0 aliphatic rings. The number of amides is 1. The Morgan fingerprint density at radius 3 is 2.78 bits per heavy atom. The lowest BCUT2D eigenvalue weighted by Crippen LogP contribution is -2.39. The van der Waals surface area contributed by atoms with Gasteiger partial charge in [0.2, 0.25) is 0 Å². The zero-order valence-electron chi connectivity index (χ0n) is 17.2. The maximum Gasteiger partial charge on any atom is 0.251 e. The highest BCUT2D eigenvalue weighted by Gasteiger charge is 2.04. The molecule has 0 aliphatic heterocycles. The summed E-state index contributed by atoms with van der Waals surface area (Å²) in [6.45, 7) is 7.09. The average molecular weight is 378 g/mol. The number of carbonyl (C=O) groups is 1. The summed E-state index contributed by atoms with van der Waals surface area (Å²) in [7, 11) is 5.48. The number of benzene rings is 1. The number of hydrogen-bond donors (Lipinski definition) is 3.